The molecule has 88 valence electrons. The third-order valence-corrected chi connectivity index (χ3v) is 3.23. The number of nitrogens with two attached hydrogens (primary N) is 1. The van der Waals surface area contributed by atoms with Gasteiger partial charge in [-0.15, -0.1) is 0 Å². The molecule has 1 atom stereocenters. The predicted molar refractivity (Wildman–Crippen MR) is 65.0 cm³/mol. The molecule has 3 N–H and O–H groups in total. The maximum absolute atomic E-state index is 10.1. The van der Waals surface area contributed by atoms with Gasteiger partial charge in [-0.25, -0.2) is 0 Å². The number of β-amino-alcohol motifs (C(OH)–C–C–N with tert-alkyl or cyclic N) is 1. The minimum atomic E-state index is -0.370. The van der Waals surface area contributed by atoms with Gasteiger partial charge in [0.25, 0.3) is 0 Å². The van der Waals surface area contributed by atoms with Gasteiger partial charge in [-0.1, -0.05) is 24.3 Å². The summed E-state index contributed by atoms with van der Waals surface area (Å²) in [6.07, 6.45) is 2.16. The molecule has 1 heterocycles. The standard InChI is InChI=1S/C13H20N2O/c14-9-11-3-5-12(6-4-11)13(16)10-15-7-1-2-8-15/h3-6,13,16H,1-2,7-10,14H2. The van der Waals surface area contributed by atoms with Gasteiger partial charge >= 0.3 is 0 Å². The molecule has 0 aromatic heterocycles. The van der Waals surface area contributed by atoms with Crippen molar-refractivity contribution in [3.63, 3.8) is 0 Å². The number of aliphatic hydroxyl groups is 1. The quantitative estimate of drug-likeness (QED) is 0.803. The van der Waals surface area contributed by atoms with E-state index in [1.165, 1.54) is 12.8 Å². The average molecular weight is 220 g/mol. The van der Waals surface area contributed by atoms with Crippen molar-refractivity contribution in [2.75, 3.05) is 19.6 Å². The normalized spacial score (nSPS) is 18.9. The highest BCUT2D eigenvalue weighted by Gasteiger charge is 2.16. The lowest BCUT2D eigenvalue weighted by molar-refractivity contribution is 0.126. The Morgan fingerprint density at radius 1 is 1.19 bits per heavy atom. The summed E-state index contributed by atoms with van der Waals surface area (Å²) in [4.78, 5) is 2.32. The minimum absolute atomic E-state index is 0.370. The second-order valence-electron chi connectivity index (χ2n) is 4.47. The molecule has 1 saturated heterocycles. The molecular formula is C13H20N2O. The highest BCUT2D eigenvalue weighted by atomic mass is 16.3. The number of aliphatic hydroxyl groups excluding tert-OH is 1. The summed E-state index contributed by atoms with van der Waals surface area (Å²) >= 11 is 0. The summed E-state index contributed by atoms with van der Waals surface area (Å²) in [5.74, 6) is 0. The minimum Gasteiger partial charge on any atom is -0.387 e. The van der Waals surface area contributed by atoms with Gasteiger partial charge in [0.15, 0.2) is 0 Å². The molecule has 1 aliphatic rings. The maximum atomic E-state index is 10.1. The topological polar surface area (TPSA) is 49.5 Å². The lowest BCUT2D eigenvalue weighted by Gasteiger charge is -2.19. The van der Waals surface area contributed by atoms with Crippen LogP contribution in [-0.4, -0.2) is 29.6 Å². The van der Waals surface area contributed by atoms with Crippen molar-refractivity contribution in [3.05, 3.63) is 35.4 Å². The highest BCUT2D eigenvalue weighted by Crippen LogP contribution is 2.17. The van der Waals surface area contributed by atoms with Crippen molar-refractivity contribution in [1.29, 1.82) is 0 Å². The number of hydrogen-bond donors (Lipinski definition) is 2. The molecule has 0 spiro atoms. The fourth-order valence-corrected chi connectivity index (χ4v) is 2.19. The van der Waals surface area contributed by atoms with Crippen LogP contribution < -0.4 is 5.73 Å². The number of likely N-dealkylation sites (tertiary alicyclic amines) is 1. The van der Waals surface area contributed by atoms with E-state index in [9.17, 15) is 5.11 Å². The molecule has 1 aliphatic heterocycles. The molecule has 0 bridgehead atoms. The Morgan fingerprint density at radius 3 is 2.38 bits per heavy atom. The van der Waals surface area contributed by atoms with E-state index < -0.39 is 0 Å². The van der Waals surface area contributed by atoms with E-state index in [1.807, 2.05) is 24.3 Å². The zero-order valence-corrected chi connectivity index (χ0v) is 9.60. The van der Waals surface area contributed by atoms with Gasteiger partial charge in [0, 0.05) is 13.1 Å². The first-order valence-corrected chi connectivity index (χ1v) is 5.99. The van der Waals surface area contributed by atoms with Crippen LogP contribution in [0.1, 0.15) is 30.1 Å². The Bertz CT molecular complexity index is 317. The van der Waals surface area contributed by atoms with Gasteiger partial charge in [-0.3, -0.25) is 0 Å². The summed E-state index contributed by atoms with van der Waals surface area (Å²) in [5.41, 5.74) is 7.64. The first-order valence-electron chi connectivity index (χ1n) is 5.99. The van der Waals surface area contributed by atoms with Crippen LogP contribution in [0.4, 0.5) is 0 Å². The molecule has 0 aliphatic carbocycles. The SMILES string of the molecule is NCc1ccc(C(O)CN2CCCC2)cc1. The average Bonchev–Trinajstić information content (AvgIpc) is 2.82. The van der Waals surface area contributed by atoms with Gasteiger partial charge in [0.1, 0.15) is 0 Å². The molecule has 1 aromatic rings. The van der Waals surface area contributed by atoms with Crippen molar-refractivity contribution >= 4 is 0 Å². The van der Waals surface area contributed by atoms with Gasteiger partial charge < -0.3 is 15.7 Å². The Hall–Kier alpha value is -0.900. The molecule has 2 rings (SSSR count). The lowest BCUT2D eigenvalue weighted by Crippen LogP contribution is -2.25. The first-order chi connectivity index (χ1) is 7.79. The predicted octanol–water partition coefficient (Wildman–Crippen LogP) is 1.27. The fraction of sp³-hybridized carbons (Fsp3) is 0.538. The maximum Gasteiger partial charge on any atom is 0.0916 e. The van der Waals surface area contributed by atoms with E-state index in [4.69, 9.17) is 5.73 Å². The lowest BCUT2D eigenvalue weighted by atomic mass is 10.1. The summed E-state index contributed by atoms with van der Waals surface area (Å²) < 4.78 is 0. The van der Waals surface area contributed by atoms with Gasteiger partial charge in [0.05, 0.1) is 6.10 Å². The summed E-state index contributed by atoms with van der Waals surface area (Å²) in [6.45, 7) is 3.56. The molecular weight excluding hydrogens is 200 g/mol. The Balaban J connectivity index is 1.94. The molecule has 1 aromatic carbocycles. The van der Waals surface area contributed by atoms with Crippen LogP contribution in [0.5, 0.6) is 0 Å². The van der Waals surface area contributed by atoms with Crippen LogP contribution in [-0.2, 0) is 6.54 Å². The largest absolute Gasteiger partial charge is 0.387 e. The van der Waals surface area contributed by atoms with E-state index in [2.05, 4.69) is 4.90 Å². The molecule has 0 radical (unpaired) electrons. The van der Waals surface area contributed by atoms with Gasteiger partial charge in [0.2, 0.25) is 0 Å². The third kappa shape index (κ3) is 2.82. The number of benzene rings is 1. The molecule has 0 saturated carbocycles. The Kier molecular flexibility index (Phi) is 3.93. The van der Waals surface area contributed by atoms with E-state index in [0.717, 1.165) is 30.8 Å². The van der Waals surface area contributed by atoms with Crippen molar-refractivity contribution in [2.45, 2.75) is 25.5 Å². The monoisotopic (exact) mass is 220 g/mol. The first kappa shape index (κ1) is 11.6. The fourth-order valence-electron chi connectivity index (χ4n) is 2.19. The second-order valence-corrected chi connectivity index (χ2v) is 4.47. The summed E-state index contributed by atoms with van der Waals surface area (Å²) in [7, 11) is 0. The zero-order chi connectivity index (χ0) is 11.4. The van der Waals surface area contributed by atoms with Gasteiger partial charge in [-0.05, 0) is 37.1 Å². The summed E-state index contributed by atoms with van der Waals surface area (Å²) in [5, 5.41) is 10.1. The zero-order valence-electron chi connectivity index (χ0n) is 9.60. The smallest absolute Gasteiger partial charge is 0.0916 e. The third-order valence-electron chi connectivity index (χ3n) is 3.23. The molecule has 16 heavy (non-hydrogen) atoms. The van der Waals surface area contributed by atoms with Gasteiger partial charge in [-0.2, -0.15) is 0 Å². The van der Waals surface area contributed by atoms with Crippen LogP contribution in [0.3, 0.4) is 0 Å². The van der Waals surface area contributed by atoms with Crippen molar-refractivity contribution < 1.29 is 5.11 Å². The second kappa shape index (κ2) is 5.43. The van der Waals surface area contributed by atoms with E-state index in [0.29, 0.717) is 6.54 Å². The van der Waals surface area contributed by atoms with E-state index in [1.54, 1.807) is 0 Å². The van der Waals surface area contributed by atoms with Crippen LogP contribution in [0, 0.1) is 0 Å². The number of nitrogens with zero attached hydrogens (tertiary/aromatic N) is 1. The van der Waals surface area contributed by atoms with Crippen LogP contribution in [0.15, 0.2) is 24.3 Å². The van der Waals surface area contributed by atoms with Crippen LogP contribution >= 0.6 is 0 Å². The van der Waals surface area contributed by atoms with Crippen molar-refractivity contribution in [2.24, 2.45) is 5.73 Å². The van der Waals surface area contributed by atoms with Crippen LogP contribution in [0.2, 0.25) is 0 Å². The molecule has 3 nitrogen and oxygen atoms in total. The molecule has 1 fully saturated rings. The highest BCUT2D eigenvalue weighted by molar-refractivity contribution is 5.24. The molecule has 3 heteroatoms. The van der Waals surface area contributed by atoms with Crippen molar-refractivity contribution in [1.82, 2.24) is 4.90 Å². The Labute approximate surface area is 96.9 Å². The summed E-state index contributed by atoms with van der Waals surface area (Å²) in [6, 6.07) is 7.93. The number of hydrogen-bond acceptors (Lipinski definition) is 3. The van der Waals surface area contributed by atoms with E-state index >= 15 is 0 Å². The van der Waals surface area contributed by atoms with Crippen LogP contribution in [0.25, 0.3) is 0 Å². The van der Waals surface area contributed by atoms with Crippen molar-refractivity contribution in [3.8, 4) is 0 Å². The Morgan fingerprint density at radius 2 is 1.81 bits per heavy atom. The molecule has 1 unspecified atom stereocenters. The van der Waals surface area contributed by atoms with E-state index in [-0.39, 0.29) is 6.10 Å². The number of rotatable bonds is 4. The molecule has 0 amide bonds.